The Morgan fingerprint density at radius 2 is 2.25 bits per heavy atom. The maximum atomic E-state index is 6.10. The van der Waals surface area contributed by atoms with E-state index in [2.05, 4.69) is 16.8 Å². The number of aromatic nitrogens is 1. The van der Waals surface area contributed by atoms with Gasteiger partial charge in [0, 0.05) is 24.3 Å². The molecule has 0 spiro atoms. The number of fused-ring (bicyclic) bond motifs is 1. The zero-order valence-corrected chi connectivity index (χ0v) is 9.74. The molecular formula is C13H20N2O. The first-order valence-corrected chi connectivity index (χ1v) is 6.36. The standard InChI is InChI=1S/C13H20N2O/c14-13(5-6-13)4-3-11-9-12-15(10-11)7-1-2-8-16-12/h9-10H,1-8,14H2. The van der Waals surface area contributed by atoms with Gasteiger partial charge in [-0.25, -0.2) is 0 Å². The molecule has 3 heteroatoms. The van der Waals surface area contributed by atoms with Crippen LogP contribution in [-0.4, -0.2) is 16.7 Å². The minimum Gasteiger partial charge on any atom is -0.479 e. The van der Waals surface area contributed by atoms with Gasteiger partial charge in [-0.05, 0) is 44.1 Å². The second-order valence-corrected chi connectivity index (χ2v) is 5.30. The Morgan fingerprint density at radius 3 is 3.06 bits per heavy atom. The number of aryl methyl sites for hydroxylation is 2. The van der Waals surface area contributed by atoms with Crippen molar-refractivity contribution in [2.75, 3.05) is 6.61 Å². The van der Waals surface area contributed by atoms with E-state index in [1.165, 1.54) is 31.2 Å². The van der Waals surface area contributed by atoms with Crippen LogP contribution in [0.25, 0.3) is 0 Å². The van der Waals surface area contributed by atoms with Gasteiger partial charge in [0.2, 0.25) is 0 Å². The van der Waals surface area contributed by atoms with Crippen LogP contribution >= 0.6 is 0 Å². The normalized spacial score (nSPS) is 22.1. The van der Waals surface area contributed by atoms with Gasteiger partial charge in [-0.2, -0.15) is 0 Å². The van der Waals surface area contributed by atoms with E-state index in [4.69, 9.17) is 10.5 Å². The fourth-order valence-electron chi connectivity index (χ4n) is 2.34. The maximum absolute atomic E-state index is 6.10. The molecule has 1 aromatic rings. The van der Waals surface area contributed by atoms with Gasteiger partial charge in [0.1, 0.15) is 0 Å². The first-order chi connectivity index (χ1) is 7.75. The van der Waals surface area contributed by atoms with Gasteiger partial charge in [0.05, 0.1) is 6.61 Å². The fraction of sp³-hybridized carbons (Fsp3) is 0.692. The van der Waals surface area contributed by atoms with Crippen LogP contribution in [0.2, 0.25) is 0 Å². The molecule has 0 bridgehead atoms. The third kappa shape index (κ3) is 2.09. The van der Waals surface area contributed by atoms with Crippen LogP contribution in [0.3, 0.4) is 0 Å². The molecule has 0 unspecified atom stereocenters. The van der Waals surface area contributed by atoms with Gasteiger partial charge in [0.15, 0.2) is 5.88 Å². The summed E-state index contributed by atoms with van der Waals surface area (Å²) in [5, 5.41) is 0. The number of nitrogens with zero attached hydrogens (tertiary/aromatic N) is 1. The summed E-state index contributed by atoms with van der Waals surface area (Å²) in [4.78, 5) is 0. The summed E-state index contributed by atoms with van der Waals surface area (Å²) < 4.78 is 7.96. The molecule has 0 radical (unpaired) electrons. The van der Waals surface area contributed by atoms with Gasteiger partial charge in [-0.3, -0.25) is 0 Å². The van der Waals surface area contributed by atoms with Gasteiger partial charge >= 0.3 is 0 Å². The lowest BCUT2D eigenvalue weighted by Crippen LogP contribution is -2.21. The van der Waals surface area contributed by atoms with Gasteiger partial charge in [-0.1, -0.05) is 0 Å². The average molecular weight is 220 g/mol. The fourth-order valence-corrected chi connectivity index (χ4v) is 2.34. The molecule has 0 saturated heterocycles. The van der Waals surface area contributed by atoms with Crippen LogP contribution in [0.4, 0.5) is 0 Å². The van der Waals surface area contributed by atoms with Crippen molar-refractivity contribution in [2.24, 2.45) is 5.73 Å². The SMILES string of the molecule is NC1(CCc2cc3n(c2)CCCCO3)CC1. The molecule has 1 fully saturated rings. The van der Waals surface area contributed by atoms with E-state index >= 15 is 0 Å². The van der Waals surface area contributed by atoms with E-state index in [1.54, 1.807) is 0 Å². The minimum absolute atomic E-state index is 0.167. The number of hydrogen-bond acceptors (Lipinski definition) is 2. The summed E-state index contributed by atoms with van der Waals surface area (Å²) in [5.74, 6) is 1.05. The van der Waals surface area contributed by atoms with Crippen LogP contribution in [0.1, 0.15) is 37.7 Å². The summed E-state index contributed by atoms with van der Waals surface area (Å²) in [7, 11) is 0. The maximum Gasteiger partial charge on any atom is 0.193 e. The lowest BCUT2D eigenvalue weighted by molar-refractivity contribution is 0.306. The van der Waals surface area contributed by atoms with Crippen molar-refractivity contribution in [1.29, 1.82) is 0 Å². The van der Waals surface area contributed by atoms with Gasteiger partial charge < -0.3 is 15.0 Å². The molecule has 16 heavy (non-hydrogen) atoms. The summed E-state index contributed by atoms with van der Waals surface area (Å²) in [6.45, 7) is 1.97. The molecule has 0 aromatic carbocycles. The number of nitrogens with two attached hydrogens (primary N) is 1. The molecule has 2 N–H and O–H groups in total. The lowest BCUT2D eigenvalue weighted by atomic mass is 10.1. The topological polar surface area (TPSA) is 40.2 Å². The number of rotatable bonds is 3. The van der Waals surface area contributed by atoms with E-state index in [-0.39, 0.29) is 5.54 Å². The van der Waals surface area contributed by atoms with Gasteiger partial charge in [-0.15, -0.1) is 0 Å². The second-order valence-electron chi connectivity index (χ2n) is 5.30. The van der Waals surface area contributed by atoms with Crippen molar-refractivity contribution >= 4 is 0 Å². The Labute approximate surface area is 96.6 Å². The second kappa shape index (κ2) is 3.81. The zero-order chi connectivity index (χ0) is 11.0. The van der Waals surface area contributed by atoms with Crippen molar-refractivity contribution in [3.05, 3.63) is 17.8 Å². The number of hydrogen-bond donors (Lipinski definition) is 1. The summed E-state index contributed by atoms with van der Waals surface area (Å²) in [6, 6.07) is 2.19. The Morgan fingerprint density at radius 1 is 1.38 bits per heavy atom. The van der Waals surface area contributed by atoms with E-state index in [1.807, 2.05) is 0 Å². The van der Waals surface area contributed by atoms with Crippen molar-refractivity contribution in [3.8, 4) is 5.88 Å². The van der Waals surface area contributed by atoms with E-state index < -0.39 is 0 Å². The quantitative estimate of drug-likeness (QED) is 0.847. The Kier molecular flexibility index (Phi) is 2.43. The van der Waals surface area contributed by atoms with Crippen molar-refractivity contribution < 1.29 is 4.74 Å². The van der Waals surface area contributed by atoms with Crippen molar-refractivity contribution in [3.63, 3.8) is 0 Å². The predicted octanol–water partition coefficient (Wildman–Crippen LogP) is 2.08. The third-order valence-corrected chi connectivity index (χ3v) is 3.76. The minimum atomic E-state index is 0.167. The highest BCUT2D eigenvalue weighted by Crippen LogP contribution is 2.37. The van der Waals surface area contributed by atoms with Crippen molar-refractivity contribution in [1.82, 2.24) is 4.57 Å². The summed E-state index contributed by atoms with van der Waals surface area (Å²) in [5.41, 5.74) is 7.65. The number of ether oxygens (including phenoxy) is 1. The molecule has 0 amide bonds. The third-order valence-electron chi connectivity index (χ3n) is 3.76. The molecule has 2 heterocycles. The van der Waals surface area contributed by atoms with Crippen LogP contribution in [0.15, 0.2) is 12.3 Å². The first kappa shape index (κ1) is 10.2. The predicted molar refractivity (Wildman–Crippen MR) is 63.6 cm³/mol. The van der Waals surface area contributed by atoms with Crippen LogP contribution in [0.5, 0.6) is 5.88 Å². The largest absolute Gasteiger partial charge is 0.479 e. The van der Waals surface area contributed by atoms with Crippen LogP contribution < -0.4 is 10.5 Å². The van der Waals surface area contributed by atoms with E-state index in [0.717, 1.165) is 31.9 Å². The Balaban J connectivity index is 1.66. The molecule has 2 aliphatic rings. The van der Waals surface area contributed by atoms with Crippen LogP contribution in [0, 0.1) is 0 Å². The zero-order valence-electron chi connectivity index (χ0n) is 9.74. The molecule has 3 nitrogen and oxygen atoms in total. The molecule has 88 valence electrons. The lowest BCUT2D eigenvalue weighted by Gasteiger charge is -2.05. The Bertz CT molecular complexity index is 356. The smallest absolute Gasteiger partial charge is 0.193 e. The molecule has 0 atom stereocenters. The molecule has 1 aliphatic carbocycles. The molecule has 1 aromatic heterocycles. The molecule has 1 saturated carbocycles. The summed E-state index contributed by atoms with van der Waals surface area (Å²) >= 11 is 0. The molecule has 3 rings (SSSR count). The molecular weight excluding hydrogens is 200 g/mol. The highest BCUT2D eigenvalue weighted by molar-refractivity contribution is 5.25. The van der Waals surface area contributed by atoms with Crippen molar-refractivity contribution in [2.45, 2.75) is 50.6 Å². The monoisotopic (exact) mass is 220 g/mol. The van der Waals surface area contributed by atoms with E-state index in [9.17, 15) is 0 Å². The Hall–Kier alpha value is -0.960. The van der Waals surface area contributed by atoms with Gasteiger partial charge in [0.25, 0.3) is 0 Å². The van der Waals surface area contributed by atoms with Crippen LogP contribution in [-0.2, 0) is 13.0 Å². The summed E-state index contributed by atoms with van der Waals surface area (Å²) in [6.07, 6.45) is 9.27. The highest BCUT2D eigenvalue weighted by atomic mass is 16.5. The molecule has 1 aliphatic heterocycles. The van der Waals surface area contributed by atoms with E-state index in [0.29, 0.717) is 0 Å². The highest BCUT2D eigenvalue weighted by Gasteiger charge is 2.37. The first-order valence-electron chi connectivity index (χ1n) is 6.36. The average Bonchev–Trinajstić information content (AvgIpc) is 2.95.